The van der Waals surface area contributed by atoms with Gasteiger partial charge in [0.15, 0.2) is 0 Å². The molecular weight excluding hydrogens is 360 g/mol. The van der Waals surface area contributed by atoms with Gasteiger partial charge >= 0.3 is 0 Å². The molecule has 2 rings (SSSR count). The second-order valence-electron chi connectivity index (χ2n) is 6.74. The third kappa shape index (κ3) is 6.19. The highest BCUT2D eigenvalue weighted by atomic mass is 32.2. The van der Waals surface area contributed by atoms with Gasteiger partial charge in [0.1, 0.15) is 0 Å². The zero-order chi connectivity index (χ0) is 19.9. The normalized spacial score (nSPS) is 11.4. The van der Waals surface area contributed by atoms with E-state index in [1.807, 2.05) is 32.0 Å². The first kappa shape index (κ1) is 21.1. The first-order valence-corrected chi connectivity index (χ1v) is 10.7. The minimum absolute atomic E-state index is 0.119. The number of carbonyl (C=O) groups is 1. The first-order chi connectivity index (χ1) is 12.8. The molecule has 6 heteroatoms. The number of benzene rings is 2. The fraction of sp³-hybridized carbons (Fsp3) is 0.381. The van der Waals surface area contributed by atoms with E-state index in [-0.39, 0.29) is 10.8 Å². The molecule has 0 bridgehead atoms. The molecular formula is C21H28N2O3S. The summed E-state index contributed by atoms with van der Waals surface area (Å²) in [5, 5.41) is 0. The van der Waals surface area contributed by atoms with Gasteiger partial charge < -0.3 is 4.90 Å². The maximum atomic E-state index is 12.5. The Morgan fingerprint density at radius 3 is 2.56 bits per heavy atom. The lowest BCUT2D eigenvalue weighted by molar-refractivity contribution is 0.0795. The molecule has 0 fully saturated rings. The van der Waals surface area contributed by atoms with Crippen LogP contribution in [0.25, 0.3) is 0 Å². The molecule has 0 aliphatic carbocycles. The zero-order valence-electron chi connectivity index (χ0n) is 16.2. The molecule has 0 aliphatic rings. The second kappa shape index (κ2) is 9.67. The molecule has 0 aliphatic heterocycles. The highest BCUT2D eigenvalue weighted by Crippen LogP contribution is 2.14. The summed E-state index contributed by atoms with van der Waals surface area (Å²) in [5.41, 5.74) is 2.77. The van der Waals surface area contributed by atoms with Crippen molar-refractivity contribution in [1.82, 2.24) is 9.62 Å². The SMILES string of the molecule is CCCN(C)C(=O)c1cccc(S(=O)(=O)NCCCc2cccc(C)c2)c1. The Hall–Kier alpha value is -2.18. The Morgan fingerprint density at radius 1 is 1.11 bits per heavy atom. The van der Waals surface area contributed by atoms with Crippen LogP contribution in [0.1, 0.15) is 41.3 Å². The number of carbonyl (C=O) groups excluding carboxylic acids is 1. The third-order valence-corrected chi connectivity index (χ3v) is 5.77. The van der Waals surface area contributed by atoms with E-state index in [4.69, 9.17) is 0 Å². The van der Waals surface area contributed by atoms with Gasteiger partial charge in [0.05, 0.1) is 4.90 Å². The highest BCUT2D eigenvalue weighted by Gasteiger charge is 2.17. The minimum Gasteiger partial charge on any atom is -0.342 e. The predicted molar refractivity (Wildman–Crippen MR) is 108 cm³/mol. The van der Waals surface area contributed by atoms with Gasteiger partial charge in [0.25, 0.3) is 5.91 Å². The second-order valence-corrected chi connectivity index (χ2v) is 8.51. The van der Waals surface area contributed by atoms with Crippen LogP contribution in [-0.2, 0) is 16.4 Å². The molecule has 0 heterocycles. The van der Waals surface area contributed by atoms with Crippen molar-refractivity contribution in [3.05, 3.63) is 65.2 Å². The Kier molecular flexibility index (Phi) is 7.56. The van der Waals surface area contributed by atoms with Crippen molar-refractivity contribution in [2.24, 2.45) is 0 Å². The van der Waals surface area contributed by atoms with Crippen molar-refractivity contribution in [3.8, 4) is 0 Å². The van der Waals surface area contributed by atoms with Gasteiger partial charge in [-0.05, 0) is 49.9 Å². The topological polar surface area (TPSA) is 66.5 Å². The summed E-state index contributed by atoms with van der Waals surface area (Å²) in [4.78, 5) is 14.1. The van der Waals surface area contributed by atoms with Crippen LogP contribution in [-0.4, -0.2) is 39.4 Å². The van der Waals surface area contributed by atoms with Crippen LogP contribution in [0.2, 0.25) is 0 Å². The van der Waals surface area contributed by atoms with E-state index in [0.717, 1.165) is 12.8 Å². The Bertz CT molecular complexity index is 879. The molecule has 0 atom stereocenters. The molecule has 5 nitrogen and oxygen atoms in total. The summed E-state index contributed by atoms with van der Waals surface area (Å²) >= 11 is 0. The molecule has 0 saturated heterocycles. The van der Waals surface area contributed by atoms with Crippen molar-refractivity contribution in [2.75, 3.05) is 20.1 Å². The molecule has 0 radical (unpaired) electrons. The monoisotopic (exact) mass is 388 g/mol. The van der Waals surface area contributed by atoms with Crippen molar-refractivity contribution >= 4 is 15.9 Å². The van der Waals surface area contributed by atoms with Crippen LogP contribution in [0.5, 0.6) is 0 Å². The molecule has 0 saturated carbocycles. The van der Waals surface area contributed by atoms with Gasteiger partial charge in [-0.3, -0.25) is 4.79 Å². The summed E-state index contributed by atoms with van der Waals surface area (Å²) < 4.78 is 27.7. The first-order valence-electron chi connectivity index (χ1n) is 9.24. The molecule has 2 aromatic carbocycles. The number of nitrogens with one attached hydrogen (secondary N) is 1. The fourth-order valence-electron chi connectivity index (χ4n) is 2.90. The molecule has 0 spiro atoms. The van der Waals surface area contributed by atoms with Crippen LogP contribution < -0.4 is 4.72 Å². The smallest absolute Gasteiger partial charge is 0.253 e. The summed E-state index contributed by atoms with van der Waals surface area (Å²) in [6.07, 6.45) is 2.37. The Morgan fingerprint density at radius 2 is 1.85 bits per heavy atom. The summed E-state index contributed by atoms with van der Waals surface area (Å²) in [6.45, 7) is 5.01. The molecule has 146 valence electrons. The standard InChI is InChI=1S/C21H28N2O3S/c1-4-14-23(3)21(24)19-11-6-12-20(16-19)27(25,26)22-13-7-10-18-9-5-8-17(2)15-18/h5-6,8-9,11-12,15-16,22H,4,7,10,13-14H2,1-3H3. The van der Waals surface area contributed by atoms with E-state index in [9.17, 15) is 13.2 Å². The molecule has 0 unspecified atom stereocenters. The van der Waals surface area contributed by atoms with Crippen molar-refractivity contribution in [1.29, 1.82) is 0 Å². The largest absolute Gasteiger partial charge is 0.342 e. The highest BCUT2D eigenvalue weighted by molar-refractivity contribution is 7.89. The lowest BCUT2D eigenvalue weighted by Crippen LogP contribution is -2.28. The Balaban J connectivity index is 1.97. The lowest BCUT2D eigenvalue weighted by atomic mass is 10.1. The average molecular weight is 389 g/mol. The van der Waals surface area contributed by atoms with Gasteiger partial charge in [-0.1, -0.05) is 42.8 Å². The summed E-state index contributed by atoms with van der Waals surface area (Å²) in [6, 6.07) is 14.4. The van der Waals surface area contributed by atoms with Crippen LogP contribution in [0.3, 0.4) is 0 Å². The predicted octanol–water partition coefficient (Wildman–Crippen LogP) is 3.39. The number of rotatable bonds is 9. The van der Waals surface area contributed by atoms with Crippen molar-refractivity contribution < 1.29 is 13.2 Å². The molecule has 0 aromatic heterocycles. The Labute approximate surface area is 162 Å². The van der Waals surface area contributed by atoms with E-state index in [0.29, 0.717) is 25.1 Å². The fourth-order valence-corrected chi connectivity index (χ4v) is 4.02. The van der Waals surface area contributed by atoms with Crippen LogP contribution in [0.4, 0.5) is 0 Å². The number of nitrogens with zero attached hydrogens (tertiary/aromatic N) is 1. The van der Waals surface area contributed by atoms with Gasteiger partial charge in [-0.15, -0.1) is 0 Å². The summed E-state index contributed by atoms with van der Waals surface area (Å²) in [5.74, 6) is -0.173. The maximum absolute atomic E-state index is 12.5. The number of hydrogen-bond donors (Lipinski definition) is 1. The number of sulfonamides is 1. The molecule has 1 N–H and O–H groups in total. The van der Waals surface area contributed by atoms with Crippen LogP contribution in [0, 0.1) is 6.92 Å². The van der Waals surface area contributed by atoms with E-state index in [1.165, 1.54) is 23.3 Å². The van der Waals surface area contributed by atoms with E-state index >= 15 is 0 Å². The summed E-state index contributed by atoms with van der Waals surface area (Å²) in [7, 11) is -1.92. The quantitative estimate of drug-likeness (QED) is 0.670. The number of amides is 1. The van der Waals surface area contributed by atoms with Gasteiger partial charge in [-0.25, -0.2) is 13.1 Å². The van der Waals surface area contributed by atoms with E-state index < -0.39 is 10.0 Å². The molecule has 1 amide bonds. The van der Waals surface area contributed by atoms with Gasteiger partial charge in [0.2, 0.25) is 10.0 Å². The number of hydrogen-bond acceptors (Lipinski definition) is 3. The number of aryl methyl sites for hydroxylation is 2. The average Bonchev–Trinajstić information content (AvgIpc) is 2.65. The van der Waals surface area contributed by atoms with E-state index in [2.05, 4.69) is 10.8 Å². The minimum atomic E-state index is -3.64. The van der Waals surface area contributed by atoms with Crippen molar-refractivity contribution in [2.45, 2.75) is 38.0 Å². The lowest BCUT2D eigenvalue weighted by Gasteiger charge is -2.16. The molecule has 27 heavy (non-hydrogen) atoms. The van der Waals surface area contributed by atoms with E-state index in [1.54, 1.807) is 24.1 Å². The maximum Gasteiger partial charge on any atom is 0.253 e. The van der Waals surface area contributed by atoms with Crippen LogP contribution in [0.15, 0.2) is 53.4 Å². The van der Waals surface area contributed by atoms with Crippen molar-refractivity contribution in [3.63, 3.8) is 0 Å². The zero-order valence-corrected chi connectivity index (χ0v) is 17.1. The van der Waals surface area contributed by atoms with Gasteiger partial charge in [0, 0.05) is 25.7 Å². The third-order valence-electron chi connectivity index (χ3n) is 4.31. The molecule has 2 aromatic rings. The van der Waals surface area contributed by atoms with Crippen LogP contribution >= 0.6 is 0 Å². The van der Waals surface area contributed by atoms with Gasteiger partial charge in [-0.2, -0.15) is 0 Å².